The summed E-state index contributed by atoms with van der Waals surface area (Å²) in [5.41, 5.74) is 2.59. The van der Waals surface area contributed by atoms with Crippen molar-refractivity contribution in [1.82, 2.24) is 10.2 Å². The van der Waals surface area contributed by atoms with Crippen molar-refractivity contribution in [3.05, 3.63) is 70.2 Å². The van der Waals surface area contributed by atoms with E-state index in [4.69, 9.17) is 27.9 Å². The van der Waals surface area contributed by atoms with Gasteiger partial charge in [0.05, 0.1) is 22.9 Å². The Kier molecular flexibility index (Phi) is 5.71. The molecule has 0 unspecified atom stereocenters. The van der Waals surface area contributed by atoms with E-state index < -0.39 is 0 Å². The number of aromatic nitrogens is 2. The third-order valence-corrected chi connectivity index (χ3v) is 4.09. The lowest BCUT2D eigenvalue weighted by Crippen LogP contribution is -2.12. The minimum absolute atomic E-state index is 0.302. The number of rotatable bonds is 5. The number of halogens is 2. The van der Waals surface area contributed by atoms with Gasteiger partial charge in [0.15, 0.2) is 0 Å². The Balaban J connectivity index is 1.72. The van der Waals surface area contributed by atoms with Crippen LogP contribution in [0.15, 0.2) is 54.6 Å². The highest BCUT2D eigenvalue weighted by atomic mass is 35.5. The van der Waals surface area contributed by atoms with Crippen LogP contribution in [0.3, 0.4) is 0 Å². The van der Waals surface area contributed by atoms with Crippen molar-refractivity contribution in [2.75, 3.05) is 11.9 Å². The number of carbonyl (C=O) groups excluding carboxylic acids is 1. The van der Waals surface area contributed by atoms with Gasteiger partial charge in [0.1, 0.15) is 0 Å². The van der Waals surface area contributed by atoms with Crippen LogP contribution >= 0.6 is 23.2 Å². The average Bonchev–Trinajstić information content (AvgIpc) is 2.63. The Morgan fingerprint density at radius 1 is 1.04 bits per heavy atom. The number of nitrogens with zero attached hydrogens (tertiary/aromatic N) is 2. The molecule has 0 saturated carbocycles. The topological polar surface area (TPSA) is 64.1 Å². The van der Waals surface area contributed by atoms with E-state index in [2.05, 4.69) is 15.5 Å². The van der Waals surface area contributed by atoms with E-state index in [1.165, 1.54) is 6.07 Å². The van der Waals surface area contributed by atoms with Crippen molar-refractivity contribution in [2.24, 2.45) is 0 Å². The van der Waals surface area contributed by atoms with Gasteiger partial charge in [-0.25, -0.2) is 0 Å². The highest BCUT2D eigenvalue weighted by molar-refractivity contribution is 6.37. The molecule has 26 heavy (non-hydrogen) atoms. The van der Waals surface area contributed by atoms with E-state index in [-0.39, 0.29) is 5.91 Å². The quantitative estimate of drug-likeness (QED) is 0.661. The molecule has 1 amide bonds. The van der Waals surface area contributed by atoms with Crippen LogP contribution < -0.4 is 10.1 Å². The molecule has 7 heteroatoms. The van der Waals surface area contributed by atoms with Gasteiger partial charge < -0.3 is 10.1 Å². The Morgan fingerprint density at radius 2 is 1.81 bits per heavy atom. The van der Waals surface area contributed by atoms with Crippen LogP contribution in [0.4, 0.5) is 5.69 Å². The molecular formula is C19H15Cl2N3O2. The molecule has 3 rings (SSSR count). The summed E-state index contributed by atoms with van der Waals surface area (Å²) in [4.78, 5) is 12.3. The summed E-state index contributed by atoms with van der Waals surface area (Å²) >= 11 is 11.9. The summed E-state index contributed by atoms with van der Waals surface area (Å²) < 4.78 is 5.28. The van der Waals surface area contributed by atoms with Crippen LogP contribution in [0.25, 0.3) is 11.3 Å². The zero-order chi connectivity index (χ0) is 18.5. The van der Waals surface area contributed by atoms with E-state index in [0.717, 1.165) is 5.56 Å². The van der Waals surface area contributed by atoms with Crippen molar-refractivity contribution >= 4 is 34.8 Å². The maximum absolute atomic E-state index is 12.3. The van der Waals surface area contributed by atoms with Crippen molar-refractivity contribution in [3.8, 4) is 17.1 Å². The fraction of sp³-hybridized carbons (Fsp3) is 0.105. The zero-order valence-corrected chi connectivity index (χ0v) is 15.4. The Morgan fingerprint density at radius 3 is 2.42 bits per heavy atom. The molecule has 0 fully saturated rings. The second-order valence-electron chi connectivity index (χ2n) is 5.35. The zero-order valence-electron chi connectivity index (χ0n) is 13.9. The minimum Gasteiger partial charge on any atom is -0.477 e. The van der Waals surface area contributed by atoms with Crippen LogP contribution in [-0.2, 0) is 0 Å². The van der Waals surface area contributed by atoms with Gasteiger partial charge in [-0.2, -0.15) is 0 Å². The summed E-state index contributed by atoms with van der Waals surface area (Å²) in [6.07, 6.45) is 0. The largest absolute Gasteiger partial charge is 0.477 e. The van der Waals surface area contributed by atoms with Crippen LogP contribution in [0.5, 0.6) is 5.88 Å². The summed E-state index contributed by atoms with van der Waals surface area (Å²) in [6.45, 7) is 2.43. The third-order valence-electron chi connectivity index (χ3n) is 3.55. The predicted octanol–water partition coefficient (Wildman–Crippen LogP) is 5.10. The Labute approximate surface area is 160 Å². The molecule has 0 radical (unpaired) electrons. The molecule has 0 aliphatic heterocycles. The van der Waals surface area contributed by atoms with Gasteiger partial charge in [0, 0.05) is 22.3 Å². The maximum atomic E-state index is 12.3. The normalized spacial score (nSPS) is 10.4. The molecular weight excluding hydrogens is 373 g/mol. The summed E-state index contributed by atoms with van der Waals surface area (Å²) in [7, 11) is 0. The number of benzene rings is 2. The molecule has 5 nitrogen and oxygen atoms in total. The number of hydrogen-bond acceptors (Lipinski definition) is 4. The molecule has 0 saturated heterocycles. The molecule has 2 aromatic carbocycles. The standard InChI is InChI=1S/C19H15Cl2N3O2/c1-2-26-18-10-9-17(23-24-18)12-3-6-14(7-4-12)22-19(25)15-8-5-13(20)11-16(15)21/h3-11H,2H2,1H3,(H,22,25). The van der Waals surface area contributed by atoms with E-state index >= 15 is 0 Å². The monoisotopic (exact) mass is 387 g/mol. The maximum Gasteiger partial charge on any atom is 0.257 e. The SMILES string of the molecule is CCOc1ccc(-c2ccc(NC(=O)c3ccc(Cl)cc3Cl)cc2)nn1. The van der Waals surface area contributed by atoms with E-state index in [0.29, 0.717) is 39.5 Å². The third kappa shape index (κ3) is 4.31. The lowest BCUT2D eigenvalue weighted by atomic mass is 10.1. The molecule has 132 valence electrons. The summed E-state index contributed by atoms with van der Waals surface area (Å²) in [6, 6.07) is 15.6. The van der Waals surface area contributed by atoms with Gasteiger partial charge in [-0.15, -0.1) is 10.2 Å². The summed E-state index contributed by atoms with van der Waals surface area (Å²) in [5, 5.41) is 11.7. The Hall–Kier alpha value is -2.63. The van der Waals surface area contributed by atoms with Crippen LogP contribution in [0.1, 0.15) is 17.3 Å². The number of anilines is 1. The van der Waals surface area contributed by atoms with Gasteiger partial charge in [-0.05, 0) is 43.3 Å². The van der Waals surface area contributed by atoms with Crippen LogP contribution in [0.2, 0.25) is 10.0 Å². The van der Waals surface area contributed by atoms with E-state index in [1.807, 2.05) is 25.1 Å². The molecule has 0 bridgehead atoms. The predicted molar refractivity (Wildman–Crippen MR) is 103 cm³/mol. The fourth-order valence-electron chi connectivity index (χ4n) is 2.30. The molecule has 0 aliphatic carbocycles. The van der Waals surface area contributed by atoms with Crippen molar-refractivity contribution in [3.63, 3.8) is 0 Å². The van der Waals surface area contributed by atoms with Crippen molar-refractivity contribution in [1.29, 1.82) is 0 Å². The molecule has 0 atom stereocenters. The van der Waals surface area contributed by atoms with Crippen molar-refractivity contribution in [2.45, 2.75) is 6.92 Å². The minimum atomic E-state index is -0.305. The Bertz CT molecular complexity index is 913. The highest BCUT2D eigenvalue weighted by Crippen LogP contribution is 2.23. The van der Waals surface area contributed by atoms with Gasteiger partial charge in [-0.3, -0.25) is 4.79 Å². The van der Waals surface area contributed by atoms with Crippen LogP contribution in [-0.4, -0.2) is 22.7 Å². The number of carbonyl (C=O) groups is 1. The molecule has 3 aromatic rings. The number of ether oxygens (including phenoxy) is 1. The summed E-state index contributed by atoms with van der Waals surface area (Å²) in [5.74, 6) is 0.181. The molecule has 1 N–H and O–H groups in total. The van der Waals surface area contributed by atoms with Crippen LogP contribution in [0, 0.1) is 0 Å². The number of nitrogens with one attached hydrogen (secondary N) is 1. The highest BCUT2D eigenvalue weighted by Gasteiger charge is 2.11. The first-order valence-corrected chi connectivity index (χ1v) is 8.66. The van der Waals surface area contributed by atoms with Gasteiger partial charge in [0.25, 0.3) is 5.91 Å². The first-order valence-electron chi connectivity index (χ1n) is 7.90. The van der Waals surface area contributed by atoms with Crippen molar-refractivity contribution < 1.29 is 9.53 Å². The molecule has 0 spiro atoms. The molecule has 1 heterocycles. The van der Waals surface area contributed by atoms with Gasteiger partial charge in [-0.1, -0.05) is 35.3 Å². The number of hydrogen-bond donors (Lipinski definition) is 1. The van der Waals surface area contributed by atoms with Gasteiger partial charge >= 0.3 is 0 Å². The van der Waals surface area contributed by atoms with Gasteiger partial charge in [0.2, 0.25) is 5.88 Å². The fourth-order valence-corrected chi connectivity index (χ4v) is 2.79. The average molecular weight is 388 g/mol. The smallest absolute Gasteiger partial charge is 0.257 e. The first-order chi connectivity index (χ1) is 12.6. The molecule has 1 aromatic heterocycles. The first kappa shape index (κ1) is 18.2. The molecule has 0 aliphatic rings. The lowest BCUT2D eigenvalue weighted by Gasteiger charge is -2.08. The van der Waals surface area contributed by atoms with E-state index in [1.54, 1.807) is 30.3 Å². The second-order valence-corrected chi connectivity index (χ2v) is 6.19. The van der Waals surface area contributed by atoms with E-state index in [9.17, 15) is 4.79 Å². The number of amides is 1. The second kappa shape index (κ2) is 8.17. The lowest BCUT2D eigenvalue weighted by molar-refractivity contribution is 0.102.